The van der Waals surface area contributed by atoms with Gasteiger partial charge in [-0.15, -0.1) is 11.3 Å². The van der Waals surface area contributed by atoms with Gasteiger partial charge in [-0.25, -0.2) is 4.98 Å². The first-order chi connectivity index (χ1) is 13.7. The molecular formula is C20H22N4O3S. The average molecular weight is 398 g/mol. The highest BCUT2D eigenvalue weighted by Gasteiger charge is 2.21. The Morgan fingerprint density at radius 3 is 2.79 bits per heavy atom. The summed E-state index contributed by atoms with van der Waals surface area (Å²) >= 11 is 1.50. The molecule has 1 saturated heterocycles. The van der Waals surface area contributed by atoms with E-state index in [1.807, 2.05) is 18.2 Å². The zero-order valence-electron chi connectivity index (χ0n) is 15.6. The molecular weight excluding hydrogens is 376 g/mol. The van der Waals surface area contributed by atoms with Gasteiger partial charge in [0.25, 0.3) is 5.91 Å². The second kappa shape index (κ2) is 8.35. The highest BCUT2D eigenvalue weighted by Crippen LogP contribution is 2.25. The third-order valence-electron chi connectivity index (χ3n) is 4.70. The maximum atomic E-state index is 12.3. The number of piperazine rings is 1. The van der Waals surface area contributed by atoms with Crippen LogP contribution >= 0.6 is 11.3 Å². The molecule has 3 heterocycles. The van der Waals surface area contributed by atoms with Gasteiger partial charge in [0.15, 0.2) is 5.13 Å². The zero-order valence-corrected chi connectivity index (χ0v) is 16.4. The number of carbonyl (C=O) groups is 1. The van der Waals surface area contributed by atoms with Crippen molar-refractivity contribution in [1.82, 2.24) is 10.3 Å². The quantitative estimate of drug-likeness (QED) is 0.688. The monoisotopic (exact) mass is 398 g/mol. The van der Waals surface area contributed by atoms with Crippen LogP contribution in [0.2, 0.25) is 0 Å². The number of hydrogen-bond donors (Lipinski definition) is 1. The summed E-state index contributed by atoms with van der Waals surface area (Å²) in [5.41, 5.74) is 1.61. The van der Waals surface area contributed by atoms with E-state index in [4.69, 9.17) is 9.15 Å². The van der Waals surface area contributed by atoms with Crippen LogP contribution in [0.25, 0.3) is 0 Å². The van der Waals surface area contributed by atoms with Crippen LogP contribution in [0.5, 0.6) is 5.75 Å². The molecule has 8 heteroatoms. The number of nitrogens with one attached hydrogen (secondary N) is 1. The summed E-state index contributed by atoms with van der Waals surface area (Å²) in [5.74, 6) is 1.40. The number of rotatable bonds is 6. The number of nitrogens with zero attached hydrogens (tertiary/aromatic N) is 3. The van der Waals surface area contributed by atoms with Crippen molar-refractivity contribution in [2.24, 2.45) is 0 Å². The molecule has 3 aromatic rings. The minimum Gasteiger partial charge on any atom is -0.497 e. The number of furan rings is 1. The Balaban J connectivity index is 1.33. The minimum absolute atomic E-state index is 0.186. The van der Waals surface area contributed by atoms with E-state index in [-0.39, 0.29) is 5.91 Å². The molecule has 28 heavy (non-hydrogen) atoms. The summed E-state index contributed by atoms with van der Waals surface area (Å²) < 4.78 is 10.5. The molecule has 1 amide bonds. The van der Waals surface area contributed by atoms with Crippen LogP contribution in [-0.2, 0) is 6.54 Å². The second-order valence-electron chi connectivity index (χ2n) is 6.45. The predicted octanol–water partition coefficient (Wildman–Crippen LogP) is 3.00. The van der Waals surface area contributed by atoms with Gasteiger partial charge < -0.3 is 24.3 Å². The van der Waals surface area contributed by atoms with Crippen LogP contribution in [0.4, 0.5) is 10.8 Å². The lowest BCUT2D eigenvalue weighted by molar-refractivity contribution is 0.0944. The molecule has 1 N–H and O–H groups in total. The van der Waals surface area contributed by atoms with Crippen molar-refractivity contribution in [3.05, 3.63) is 59.5 Å². The van der Waals surface area contributed by atoms with Crippen LogP contribution < -0.4 is 19.9 Å². The largest absolute Gasteiger partial charge is 0.497 e. The van der Waals surface area contributed by atoms with Crippen molar-refractivity contribution in [2.75, 3.05) is 43.1 Å². The number of ether oxygens (including phenoxy) is 1. The highest BCUT2D eigenvalue weighted by molar-refractivity contribution is 7.13. The lowest BCUT2D eigenvalue weighted by Crippen LogP contribution is -2.46. The van der Waals surface area contributed by atoms with Gasteiger partial charge in [-0.2, -0.15) is 0 Å². The molecule has 7 nitrogen and oxygen atoms in total. The molecule has 2 aromatic heterocycles. The molecule has 0 aliphatic carbocycles. The Hall–Kier alpha value is -3.00. The van der Waals surface area contributed by atoms with Crippen molar-refractivity contribution in [1.29, 1.82) is 0 Å². The molecule has 1 aliphatic heterocycles. The van der Waals surface area contributed by atoms with Gasteiger partial charge in [-0.1, -0.05) is 6.07 Å². The van der Waals surface area contributed by atoms with Crippen molar-refractivity contribution in [3.8, 4) is 5.75 Å². The van der Waals surface area contributed by atoms with E-state index in [0.717, 1.165) is 48.5 Å². The van der Waals surface area contributed by atoms with E-state index in [0.29, 0.717) is 12.2 Å². The Bertz CT molecular complexity index is 917. The summed E-state index contributed by atoms with van der Waals surface area (Å²) in [6.07, 6.45) is 1.59. The van der Waals surface area contributed by atoms with Gasteiger partial charge in [-0.05, 0) is 24.3 Å². The van der Waals surface area contributed by atoms with Crippen LogP contribution in [0.1, 0.15) is 16.2 Å². The van der Waals surface area contributed by atoms with Gasteiger partial charge in [0.2, 0.25) is 0 Å². The van der Waals surface area contributed by atoms with E-state index >= 15 is 0 Å². The summed E-state index contributed by atoms with van der Waals surface area (Å²) in [6.45, 7) is 3.87. The van der Waals surface area contributed by atoms with Gasteiger partial charge >= 0.3 is 0 Å². The molecule has 0 bridgehead atoms. The molecule has 0 spiro atoms. The van der Waals surface area contributed by atoms with Crippen LogP contribution in [0, 0.1) is 0 Å². The summed E-state index contributed by atoms with van der Waals surface area (Å²) in [5, 5.41) is 5.52. The molecule has 0 unspecified atom stereocenters. The van der Waals surface area contributed by atoms with Gasteiger partial charge in [0.1, 0.15) is 17.2 Å². The fraction of sp³-hybridized carbons (Fsp3) is 0.300. The normalized spacial score (nSPS) is 14.2. The lowest BCUT2D eigenvalue weighted by atomic mass is 10.2. The number of amides is 1. The third kappa shape index (κ3) is 4.12. The molecule has 1 aliphatic rings. The number of methoxy groups -OCH3 is 1. The van der Waals surface area contributed by atoms with Crippen molar-refractivity contribution in [2.45, 2.75) is 6.54 Å². The van der Waals surface area contributed by atoms with Gasteiger partial charge in [0.05, 0.1) is 19.9 Å². The number of thiazole rings is 1. The highest BCUT2D eigenvalue weighted by atomic mass is 32.1. The van der Waals surface area contributed by atoms with Crippen LogP contribution in [0.15, 0.2) is 52.5 Å². The maximum absolute atomic E-state index is 12.3. The molecule has 0 atom stereocenters. The smallest absolute Gasteiger partial charge is 0.271 e. The lowest BCUT2D eigenvalue weighted by Gasteiger charge is -2.36. The second-order valence-corrected chi connectivity index (χ2v) is 7.29. The first-order valence-electron chi connectivity index (χ1n) is 9.13. The number of anilines is 2. The van der Waals surface area contributed by atoms with E-state index < -0.39 is 0 Å². The van der Waals surface area contributed by atoms with Crippen molar-refractivity contribution >= 4 is 28.1 Å². The topological polar surface area (TPSA) is 70.8 Å². The molecule has 146 valence electrons. The first kappa shape index (κ1) is 18.4. The third-order valence-corrected chi connectivity index (χ3v) is 5.60. The SMILES string of the molecule is COc1cccc(N2CCN(c3nc(C(=O)NCc4ccco4)cs3)CC2)c1. The van der Waals surface area contributed by atoms with Gasteiger partial charge in [-0.3, -0.25) is 4.79 Å². The Kier molecular flexibility index (Phi) is 5.48. The van der Waals surface area contributed by atoms with Gasteiger partial charge in [0, 0.05) is 43.3 Å². The van der Waals surface area contributed by atoms with E-state index in [1.54, 1.807) is 24.8 Å². The van der Waals surface area contributed by atoms with E-state index in [2.05, 4.69) is 32.2 Å². The predicted molar refractivity (Wildman–Crippen MR) is 109 cm³/mol. The fourth-order valence-electron chi connectivity index (χ4n) is 3.15. The summed E-state index contributed by atoms with van der Waals surface area (Å²) in [6, 6.07) is 11.7. The summed E-state index contributed by atoms with van der Waals surface area (Å²) in [4.78, 5) is 21.4. The molecule has 0 radical (unpaired) electrons. The maximum Gasteiger partial charge on any atom is 0.271 e. The average Bonchev–Trinajstić information content (AvgIpc) is 3.44. The summed E-state index contributed by atoms with van der Waals surface area (Å²) in [7, 11) is 1.68. The Morgan fingerprint density at radius 2 is 2.04 bits per heavy atom. The number of aromatic nitrogens is 1. The standard InChI is InChI=1S/C20H22N4O3S/c1-26-16-5-2-4-15(12-16)23-7-9-24(10-8-23)20-22-18(14-28-20)19(25)21-13-17-6-3-11-27-17/h2-6,11-12,14H,7-10,13H2,1H3,(H,21,25). The van der Waals surface area contributed by atoms with E-state index in [9.17, 15) is 4.79 Å². The zero-order chi connectivity index (χ0) is 19.3. The van der Waals surface area contributed by atoms with Crippen molar-refractivity contribution in [3.63, 3.8) is 0 Å². The number of benzene rings is 1. The molecule has 4 rings (SSSR count). The Labute approximate surface area is 167 Å². The number of hydrogen-bond acceptors (Lipinski definition) is 7. The fourth-order valence-corrected chi connectivity index (χ4v) is 4.01. The molecule has 0 saturated carbocycles. The molecule has 1 fully saturated rings. The molecule has 1 aromatic carbocycles. The van der Waals surface area contributed by atoms with Crippen LogP contribution in [0.3, 0.4) is 0 Å². The Morgan fingerprint density at radius 1 is 1.21 bits per heavy atom. The first-order valence-corrected chi connectivity index (χ1v) is 10.0. The van der Waals surface area contributed by atoms with E-state index in [1.165, 1.54) is 11.3 Å². The van der Waals surface area contributed by atoms with Crippen LogP contribution in [-0.4, -0.2) is 44.2 Å². The number of carbonyl (C=O) groups excluding carboxylic acids is 1. The van der Waals surface area contributed by atoms with Crippen molar-refractivity contribution < 1.29 is 13.9 Å². The minimum atomic E-state index is -0.186.